The summed E-state index contributed by atoms with van der Waals surface area (Å²) in [6.07, 6.45) is 4.17. The van der Waals surface area contributed by atoms with Gasteiger partial charge in [-0.25, -0.2) is 13.2 Å². The number of carboxylic acid groups (broad SMARTS) is 1. The highest BCUT2D eigenvalue weighted by Gasteiger charge is 2.29. The van der Waals surface area contributed by atoms with Crippen LogP contribution in [0.1, 0.15) is 42.5 Å². The monoisotopic (exact) mass is 302 g/mol. The maximum atomic E-state index is 12.4. The van der Waals surface area contributed by atoms with E-state index < -0.39 is 21.1 Å². The molecule has 1 aliphatic rings. The molecule has 0 spiro atoms. The predicted octanol–water partition coefficient (Wildman–Crippen LogP) is 3.14. The summed E-state index contributed by atoms with van der Waals surface area (Å²) in [7, 11) is -3.46. The number of aromatic carboxylic acids is 1. The smallest absolute Gasteiger partial charge is 0.337 e. The molecule has 2 rings (SSSR count). The minimum Gasteiger partial charge on any atom is -0.478 e. The fraction of sp³-hybridized carbons (Fsp3) is 0.462. The van der Waals surface area contributed by atoms with Gasteiger partial charge >= 0.3 is 5.97 Å². The first-order valence-electron chi connectivity index (χ1n) is 6.19. The van der Waals surface area contributed by atoms with E-state index in [2.05, 4.69) is 0 Å². The highest BCUT2D eigenvalue weighted by atomic mass is 35.5. The van der Waals surface area contributed by atoms with Gasteiger partial charge in [0.1, 0.15) is 0 Å². The molecule has 0 bridgehead atoms. The fourth-order valence-corrected chi connectivity index (χ4v) is 4.49. The molecule has 6 heteroatoms. The van der Waals surface area contributed by atoms with Gasteiger partial charge in [-0.05, 0) is 31.0 Å². The van der Waals surface area contributed by atoms with Crippen LogP contribution in [0.2, 0.25) is 5.02 Å². The molecule has 1 fully saturated rings. The molecule has 0 aromatic heterocycles. The molecule has 4 nitrogen and oxygen atoms in total. The molecule has 19 heavy (non-hydrogen) atoms. The van der Waals surface area contributed by atoms with Gasteiger partial charge in [-0.2, -0.15) is 0 Å². The summed E-state index contributed by atoms with van der Waals surface area (Å²) in [6.45, 7) is 0. The summed E-state index contributed by atoms with van der Waals surface area (Å²) >= 11 is 5.75. The van der Waals surface area contributed by atoms with Crippen molar-refractivity contribution in [3.8, 4) is 0 Å². The fourth-order valence-electron chi connectivity index (χ4n) is 2.41. The van der Waals surface area contributed by atoms with Crippen LogP contribution in [-0.2, 0) is 9.84 Å². The van der Waals surface area contributed by atoms with E-state index in [1.807, 2.05) is 0 Å². The zero-order valence-corrected chi connectivity index (χ0v) is 11.9. The van der Waals surface area contributed by atoms with Crippen LogP contribution in [0.5, 0.6) is 0 Å². The van der Waals surface area contributed by atoms with E-state index in [9.17, 15) is 13.2 Å². The number of carboxylic acids is 1. The van der Waals surface area contributed by atoms with E-state index >= 15 is 0 Å². The van der Waals surface area contributed by atoms with Crippen LogP contribution in [-0.4, -0.2) is 24.7 Å². The van der Waals surface area contributed by atoms with Crippen LogP contribution in [0, 0.1) is 0 Å². The third kappa shape index (κ3) is 2.92. The normalized spacial score (nSPS) is 17.3. The SMILES string of the molecule is O=C(O)c1cc(S(=O)(=O)C2CCCCC2)ccc1Cl. The topological polar surface area (TPSA) is 71.4 Å². The summed E-state index contributed by atoms with van der Waals surface area (Å²) < 4.78 is 24.9. The molecule has 0 amide bonds. The van der Waals surface area contributed by atoms with Gasteiger partial charge in [-0.1, -0.05) is 30.9 Å². The first-order valence-corrected chi connectivity index (χ1v) is 8.12. The molecule has 0 saturated heterocycles. The lowest BCUT2D eigenvalue weighted by atomic mass is 10.0. The van der Waals surface area contributed by atoms with E-state index in [-0.39, 0.29) is 15.5 Å². The molecule has 1 aliphatic carbocycles. The van der Waals surface area contributed by atoms with Crippen molar-refractivity contribution in [2.24, 2.45) is 0 Å². The van der Waals surface area contributed by atoms with Crippen molar-refractivity contribution in [3.05, 3.63) is 28.8 Å². The molecule has 0 aliphatic heterocycles. The zero-order chi connectivity index (χ0) is 14.0. The van der Waals surface area contributed by atoms with E-state index in [1.54, 1.807) is 0 Å². The highest BCUT2D eigenvalue weighted by Crippen LogP contribution is 2.30. The standard InChI is InChI=1S/C13H15ClO4S/c14-12-7-6-10(8-11(12)13(15)16)19(17,18)9-4-2-1-3-5-9/h6-9H,1-5H2,(H,15,16). The average Bonchev–Trinajstić information content (AvgIpc) is 2.39. The van der Waals surface area contributed by atoms with Crippen molar-refractivity contribution in [1.82, 2.24) is 0 Å². The van der Waals surface area contributed by atoms with Crippen LogP contribution >= 0.6 is 11.6 Å². The third-order valence-electron chi connectivity index (χ3n) is 3.49. The van der Waals surface area contributed by atoms with Crippen molar-refractivity contribution in [2.45, 2.75) is 42.2 Å². The van der Waals surface area contributed by atoms with Gasteiger partial charge in [0.05, 0.1) is 20.7 Å². The largest absolute Gasteiger partial charge is 0.478 e. The van der Waals surface area contributed by atoms with Gasteiger partial charge in [0.15, 0.2) is 9.84 Å². The van der Waals surface area contributed by atoms with Crippen molar-refractivity contribution in [2.75, 3.05) is 0 Å². The van der Waals surface area contributed by atoms with Gasteiger partial charge in [0.25, 0.3) is 0 Å². The number of sulfone groups is 1. The van der Waals surface area contributed by atoms with Crippen LogP contribution < -0.4 is 0 Å². The van der Waals surface area contributed by atoms with E-state index in [1.165, 1.54) is 12.1 Å². The Labute approximate surface area is 117 Å². The second kappa shape index (κ2) is 5.51. The Bertz CT molecular complexity index is 589. The van der Waals surface area contributed by atoms with E-state index in [0.29, 0.717) is 12.8 Å². The van der Waals surface area contributed by atoms with Gasteiger partial charge in [-0.3, -0.25) is 0 Å². The second-order valence-corrected chi connectivity index (χ2v) is 7.39. The quantitative estimate of drug-likeness (QED) is 0.931. The van der Waals surface area contributed by atoms with Crippen molar-refractivity contribution in [3.63, 3.8) is 0 Å². The summed E-state index contributed by atoms with van der Waals surface area (Å²) in [5.41, 5.74) is -0.168. The van der Waals surface area contributed by atoms with E-state index in [0.717, 1.165) is 25.3 Å². The molecule has 1 saturated carbocycles. The van der Waals surface area contributed by atoms with Gasteiger partial charge < -0.3 is 5.11 Å². The summed E-state index contributed by atoms with van der Waals surface area (Å²) in [5.74, 6) is -1.22. The molecule has 1 aromatic carbocycles. The number of halogens is 1. The lowest BCUT2D eigenvalue weighted by Crippen LogP contribution is -2.24. The van der Waals surface area contributed by atoms with Crippen molar-refractivity contribution < 1.29 is 18.3 Å². The van der Waals surface area contributed by atoms with Crippen molar-refractivity contribution in [1.29, 1.82) is 0 Å². The predicted molar refractivity (Wildman–Crippen MR) is 72.5 cm³/mol. The Morgan fingerprint density at radius 1 is 1.21 bits per heavy atom. The van der Waals surface area contributed by atoms with Crippen LogP contribution in [0.4, 0.5) is 0 Å². The minimum atomic E-state index is -3.46. The first-order chi connectivity index (χ1) is 8.93. The maximum Gasteiger partial charge on any atom is 0.337 e. The molecule has 0 radical (unpaired) electrons. The van der Waals surface area contributed by atoms with E-state index in [4.69, 9.17) is 16.7 Å². The molecular weight excluding hydrogens is 288 g/mol. The van der Waals surface area contributed by atoms with Crippen LogP contribution in [0.3, 0.4) is 0 Å². The Kier molecular flexibility index (Phi) is 4.16. The van der Waals surface area contributed by atoms with Crippen molar-refractivity contribution >= 4 is 27.4 Å². The number of benzene rings is 1. The van der Waals surface area contributed by atoms with Gasteiger partial charge in [0, 0.05) is 0 Å². The maximum absolute atomic E-state index is 12.4. The van der Waals surface area contributed by atoms with Crippen LogP contribution in [0.15, 0.2) is 23.1 Å². The molecule has 1 aromatic rings. The molecule has 104 valence electrons. The molecule has 0 atom stereocenters. The summed E-state index contributed by atoms with van der Waals surface area (Å²) in [5, 5.41) is 8.64. The molecule has 0 unspecified atom stereocenters. The average molecular weight is 303 g/mol. The Morgan fingerprint density at radius 3 is 2.42 bits per heavy atom. The lowest BCUT2D eigenvalue weighted by molar-refractivity contribution is 0.0697. The Morgan fingerprint density at radius 2 is 1.84 bits per heavy atom. The number of carbonyl (C=O) groups is 1. The summed E-state index contributed by atoms with van der Waals surface area (Å²) in [4.78, 5) is 11.1. The Balaban J connectivity index is 2.40. The molecule has 0 heterocycles. The summed E-state index contributed by atoms with van der Waals surface area (Å²) in [6, 6.07) is 3.88. The number of hydrogen-bond donors (Lipinski definition) is 1. The van der Waals surface area contributed by atoms with Crippen LogP contribution in [0.25, 0.3) is 0 Å². The molecular formula is C13H15ClO4S. The third-order valence-corrected chi connectivity index (χ3v) is 6.08. The van der Waals surface area contributed by atoms with Gasteiger partial charge in [0.2, 0.25) is 0 Å². The first kappa shape index (κ1) is 14.3. The number of hydrogen-bond acceptors (Lipinski definition) is 3. The Hall–Kier alpha value is -1.07. The lowest BCUT2D eigenvalue weighted by Gasteiger charge is -2.22. The van der Waals surface area contributed by atoms with Gasteiger partial charge in [-0.15, -0.1) is 0 Å². The highest BCUT2D eigenvalue weighted by molar-refractivity contribution is 7.92. The minimum absolute atomic E-state index is 0.0510. The zero-order valence-electron chi connectivity index (χ0n) is 10.3. The number of rotatable bonds is 3. The second-order valence-electron chi connectivity index (χ2n) is 4.75. The molecule has 1 N–H and O–H groups in total.